The van der Waals surface area contributed by atoms with E-state index in [2.05, 4.69) is 43.3 Å². The van der Waals surface area contributed by atoms with Gasteiger partial charge in [-0.2, -0.15) is 0 Å². The number of aromatic hydroxyl groups is 3. The predicted octanol–water partition coefficient (Wildman–Crippen LogP) is 9.49. The fraction of sp³-hybridized carbons (Fsp3) is 0.459. The molecule has 4 N–H and O–H groups in total. The first-order valence-corrected chi connectivity index (χ1v) is 15.3. The van der Waals surface area contributed by atoms with Crippen molar-refractivity contribution < 1.29 is 20.4 Å². The molecule has 3 aromatic rings. The molecule has 3 aromatic carbocycles. The molecule has 220 valence electrons. The maximum atomic E-state index is 10.6. The van der Waals surface area contributed by atoms with E-state index in [0.717, 1.165) is 66.4 Å². The normalized spacial score (nSPS) is 24.5. The summed E-state index contributed by atoms with van der Waals surface area (Å²) in [5, 5.41) is 41.7. The molecule has 2 aliphatic carbocycles. The number of aliphatic hydroxyl groups is 1. The minimum Gasteiger partial charge on any atom is -0.512 e. The number of hydrogen-bond acceptors (Lipinski definition) is 4. The molecule has 0 bridgehead atoms. The fourth-order valence-electron chi connectivity index (χ4n) is 7.54. The van der Waals surface area contributed by atoms with Gasteiger partial charge in [0.1, 0.15) is 17.2 Å². The lowest BCUT2D eigenvalue weighted by Gasteiger charge is -2.52. The monoisotopic (exact) mass is 556 g/mol. The Kier molecular flexibility index (Phi) is 8.82. The van der Waals surface area contributed by atoms with E-state index in [0.29, 0.717) is 35.3 Å². The largest absolute Gasteiger partial charge is 0.512 e. The average Bonchev–Trinajstić information content (AvgIpc) is 2.97. The minimum absolute atomic E-state index is 0.0725. The Morgan fingerprint density at radius 3 is 1.61 bits per heavy atom. The maximum absolute atomic E-state index is 10.6. The van der Waals surface area contributed by atoms with Gasteiger partial charge >= 0.3 is 0 Å². The highest BCUT2D eigenvalue weighted by Gasteiger charge is 2.49. The van der Waals surface area contributed by atoms with Crippen molar-refractivity contribution in [2.45, 2.75) is 104 Å². The molecule has 0 saturated heterocycles. The maximum Gasteiger partial charge on any atom is 0.121 e. The van der Waals surface area contributed by atoms with Crippen molar-refractivity contribution in [3.63, 3.8) is 0 Å². The van der Waals surface area contributed by atoms with Crippen LogP contribution in [-0.4, -0.2) is 20.4 Å². The summed E-state index contributed by atoms with van der Waals surface area (Å²) >= 11 is 0. The Morgan fingerprint density at radius 2 is 1.10 bits per heavy atom. The van der Waals surface area contributed by atoms with Gasteiger partial charge in [0.15, 0.2) is 0 Å². The van der Waals surface area contributed by atoms with E-state index >= 15 is 0 Å². The standard InChI is InChI=1S/C35H42O4.C2H6/c1-21-16-26(6-9-30(21)36)34(27-7-10-31(37)22(2)17-27)12-14-35(15-13-34,28-8-11-32(38)23(3)18-28)29-19-24(4)33(39)25(5)20-29;1-2/h6,8-9,11,16,18-20,27,36-39H,7,10,12-15,17H2,1-5H3;1-2H3. The molecule has 0 aliphatic heterocycles. The lowest BCUT2D eigenvalue weighted by atomic mass is 9.52. The fourth-order valence-corrected chi connectivity index (χ4v) is 7.54. The average molecular weight is 557 g/mol. The van der Waals surface area contributed by atoms with E-state index in [-0.39, 0.29) is 10.8 Å². The SMILES string of the molecule is CC.CC1=C(O)CCC(C2(c3ccc(O)c(C)c3)CCC(c3ccc(O)c(C)c3)(c3cc(C)c(O)c(C)c3)CC2)C1. The highest BCUT2D eigenvalue weighted by molar-refractivity contribution is 5.51. The van der Waals surface area contributed by atoms with Crippen molar-refractivity contribution in [3.05, 3.63) is 98.8 Å². The zero-order chi connectivity index (χ0) is 30.1. The summed E-state index contributed by atoms with van der Waals surface area (Å²) in [5.41, 5.74) is 8.01. The van der Waals surface area contributed by atoms with Crippen molar-refractivity contribution in [2.24, 2.45) is 5.92 Å². The van der Waals surface area contributed by atoms with Crippen LogP contribution in [0.3, 0.4) is 0 Å². The molecule has 4 heteroatoms. The first kappa shape index (κ1) is 30.6. The van der Waals surface area contributed by atoms with Gasteiger partial charge in [0.05, 0.1) is 5.76 Å². The lowest BCUT2D eigenvalue weighted by Crippen LogP contribution is -2.45. The zero-order valence-electron chi connectivity index (χ0n) is 25.9. The van der Waals surface area contributed by atoms with Crippen LogP contribution in [0.15, 0.2) is 59.9 Å². The van der Waals surface area contributed by atoms with Gasteiger partial charge in [0.25, 0.3) is 0 Å². The predicted molar refractivity (Wildman–Crippen MR) is 168 cm³/mol. The highest BCUT2D eigenvalue weighted by atomic mass is 16.3. The zero-order valence-corrected chi connectivity index (χ0v) is 25.9. The second-order valence-electron chi connectivity index (χ2n) is 12.4. The quantitative estimate of drug-likeness (QED) is 0.258. The first-order chi connectivity index (χ1) is 19.5. The van der Waals surface area contributed by atoms with E-state index in [1.807, 2.05) is 53.7 Å². The van der Waals surface area contributed by atoms with Crippen LogP contribution in [0.5, 0.6) is 17.2 Å². The Morgan fingerprint density at radius 1 is 0.610 bits per heavy atom. The van der Waals surface area contributed by atoms with Crippen molar-refractivity contribution >= 4 is 0 Å². The Bertz CT molecular complexity index is 1420. The third-order valence-electron chi connectivity index (χ3n) is 10.1. The molecule has 41 heavy (non-hydrogen) atoms. The molecule has 0 heterocycles. The van der Waals surface area contributed by atoms with Gasteiger partial charge in [-0.05, 0) is 141 Å². The smallest absolute Gasteiger partial charge is 0.121 e. The van der Waals surface area contributed by atoms with Crippen molar-refractivity contribution in [2.75, 3.05) is 0 Å². The topological polar surface area (TPSA) is 80.9 Å². The lowest BCUT2D eigenvalue weighted by molar-refractivity contribution is 0.131. The van der Waals surface area contributed by atoms with Crippen molar-refractivity contribution in [3.8, 4) is 17.2 Å². The number of allylic oxidation sites excluding steroid dienone is 2. The van der Waals surface area contributed by atoms with E-state index in [4.69, 9.17) is 0 Å². The van der Waals surface area contributed by atoms with Crippen LogP contribution in [0.1, 0.15) is 105 Å². The van der Waals surface area contributed by atoms with E-state index in [9.17, 15) is 20.4 Å². The molecule has 1 atom stereocenters. The van der Waals surface area contributed by atoms with Crippen LogP contribution in [-0.2, 0) is 10.8 Å². The van der Waals surface area contributed by atoms with Crippen molar-refractivity contribution in [1.29, 1.82) is 0 Å². The second-order valence-corrected chi connectivity index (χ2v) is 12.4. The van der Waals surface area contributed by atoms with E-state index in [1.54, 1.807) is 0 Å². The summed E-state index contributed by atoms with van der Waals surface area (Å²) in [6.45, 7) is 13.9. The molecule has 2 aliphatic rings. The summed E-state index contributed by atoms with van der Waals surface area (Å²) in [6.07, 6.45) is 6.33. The van der Waals surface area contributed by atoms with Crippen LogP contribution in [0, 0.1) is 33.6 Å². The van der Waals surface area contributed by atoms with Crippen LogP contribution in [0.2, 0.25) is 0 Å². The third kappa shape index (κ3) is 5.46. The van der Waals surface area contributed by atoms with Crippen LogP contribution in [0.25, 0.3) is 0 Å². The molecule has 5 rings (SSSR count). The number of aliphatic hydroxyl groups excluding tert-OH is 1. The van der Waals surface area contributed by atoms with Gasteiger partial charge in [-0.15, -0.1) is 0 Å². The summed E-state index contributed by atoms with van der Waals surface area (Å²) in [4.78, 5) is 0. The molecular formula is C37H48O4. The number of hydrogen-bond donors (Lipinski definition) is 4. The van der Waals surface area contributed by atoms with Crippen LogP contribution >= 0.6 is 0 Å². The molecular weight excluding hydrogens is 508 g/mol. The molecule has 1 unspecified atom stereocenters. The molecule has 0 radical (unpaired) electrons. The molecule has 0 amide bonds. The van der Waals surface area contributed by atoms with Crippen molar-refractivity contribution in [1.82, 2.24) is 0 Å². The molecule has 1 fully saturated rings. The Balaban J connectivity index is 0.00000189. The number of phenolic OH excluding ortho intramolecular Hbond substituents is 3. The van der Waals surface area contributed by atoms with Crippen LogP contribution < -0.4 is 0 Å². The van der Waals surface area contributed by atoms with Gasteiger partial charge in [-0.1, -0.05) is 50.2 Å². The minimum atomic E-state index is -0.251. The second kappa shape index (κ2) is 11.8. The molecule has 1 saturated carbocycles. The number of phenols is 3. The molecule has 0 spiro atoms. The highest BCUT2D eigenvalue weighted by Crippen LogP contribution is 2.58. The Labute approximate surface area is 246 Å². The van der Waals surface area contributed by atoms with Gasteiger partial charge in [0, 0.05) is 11.8 Å². The number of benzene rings is 3. The summed E-state index contributed by atoms with van der Waals surface area (Å²) < 4.78 is 0. The van der Waals surface area contributed by atoms with E-state index < -0.39 is 0 Å². The summed E-state index contributed by atoms with van der Waals surface area (Å²) in [7, 11) is 0. The van der Waals surface area contributed by atoms with Gasteiger partial charge in [0.2, 0.25) is 0 Å². The molecule has 4 nitrogen and oxygen atoms in total. The third-order valence-corrected chi connectivity index (χ3v) is 10.1. The first-order valence-electron chi connectivity index (χ1n) is 15.3. The Hall–Kier alpha value is -3.40. The summed E-state index contributed by atoms with van der Waals surface area (Å²) in [6, 6.07) is 16.4. The van der Waals surface area contributed by atoms with Gasteiger partial charge in [-0.25, -0.2) is 0 Å². The summed E-state index contributed by atoms with van der Waals surface area (Å²) in [5.74, 6) is 1.93. The molecule has 0 aromatic heterocycles. The van der Waals surface area contributed by atoms with Gasteiger partial charge < -0.3 is 20.4 Å². The van der Waals surface area contributed by atoms with Crippen LogP contribution in [0.4, 0.5) is 0 Å². The number of rotatable bonds is 4. The van der Waals surface area contributed by atoms with E-state index in [1.165, 1.54) is 16.7 Å². The number of aryl methyl sites for hydroxylation is 4. The van der Waals surface area contributed by atoms with Gasteiger partial charge in [-0.3, -0.25) is 0 Å².